The number of hydrogen-bond donors (Lipinski definition) is 2. The number of carboxylic acid groups (broad SMARTS) is 1. The lowest BCUT2D eigenvalue weighted by Crippen LogP contribution is -2.42. The van der Waals surface area contributed by atoms with Gasteiger partial charge in [0.15, 0.2) is 4.67 Å². The molecular weight excluding hydrogens is 309 g/mol. The molecule has 0 bridgehead atoms. The van der Waals surface area contributed by atoms with E-state index < -0.39 is 33.8 Å². The summed E-state index contributed by atoms with van der Waals surface area (Å²) in [7, 11) is -4.16. The summed E-state index contributed by atoms with van der Waals surface area (Å²) in [6.07, 6.45) is 0. The molecule has 16 heavy (non-hydrogen) atoms. The third-order valence-corrected chi connectivity index (χ3v) is 3.33. The Bertz CT molecular complexity index is 485. The van der Waals surface area contributed by atoms with Crippen molar-refractivity contribution in [1.82, 2.24) is 4.72 Å². The molecule has 0 saturated heterocycles. The minimum absolute atomic E-state index is 0.167. The fourth-order valence-electron chi connectivity index (χ4n) is 0.835. The van der Waals surface area contributed by atoms with Gasteiger partial charge in [0.2, 0.25) is 5.09 Å². The average molecular weight is 316 g/mol. The van der Waals surface area contributed by atoms with Crippen LogP contribution in [-0.4, -0.2) is 32.2 Å². The van der Waals surface area contributed by atoms with Crippen molar-refractivity contribution in [2.24, 2.45) is 0 Å². The first-order chi connectivity index (χ1) is 7.36. The molecule has 0 aliphatic rings. The maximum atomic E-state index is 12.2. The molecular formula is C7H7BrFNO5S. The van der Waals surface area contributed by atoms with E-state index in [1.807, 2.05) is 0 Å². The van der Waals surface area contributed by atoms with E-state index in [4.69, 9.17) is 9.52 Å². The van der Waals surface area contributed by atoms with Crippen molar-refractivity contribution >= 4 is 31.9 Å². The third kappa shape index (κ3) is 3.03. The zero-order valence-corrected chi connectivity index (χ0v) is 10.1. The fraction of sp³-hybridized carbons (Fsp3) is 0.286. The second kappa shape index (κ2) is 4.93. The number of furan rings is 1. The summed E-state index contributed by atoms with van der Waals surface area (Å²) in [6, 6.07) is 0.609. The predicted octanol–water partition coefficient (Wildman–Crippen LogP) is 0.743. The van der Waals surface area contributed by atoms with Crippen molar-refractivity contribution in [2.75, 3.05) is 6.67 Å². The summed E-state index contributed by atoms with van der Waals surface area (Å²) >= 11 is 2.89. The number of sulfonamides is 1. The second-order valence-electron chi connectivity index (χ2n) is 2.72. The summed E-state index contributed by atoms with van der Waals surface area (Å²) in [5, 5.41) is 7.99. The Labute approximate surface area is 98.6 Å². The number of halogens is 2. The molecule has 0 aliphatic carbocycles. The topological polar surface area (TPSA) is 96.6 Å². The standard InChI is InChI=1S/C7H7BrFNO5S/c8-5-1-2-6(15-5)16(13,14)10-4(3-9)7(11)12/h1-2,4,10H,3H2,(H,11,12)/t4-/m1/s1. The molecule has 2 N–H and O–H groups in total. The van der Waals surface area contributed by atoms with Gasteiger partial charge in [0.1, 0.15) is 12.7 Å². The van der Waals surface area contributed by atoms with Crippen molar-refractivity contribution in [3.05, 3.63) is 16.8 Å². The van der Waals surface area contributed by atoms with Gasteiger partial charge in [0.25, 0.3) is 10.0 Å². The highest BCUT2D eigenvalue weighted by Crippen LogP contribution is 2.18. The number of alkyl halides is 1. The first kappa shape index (κ1) is 13.1. The first-order valence-electron chi connectivity index (χ1n) is 3.93. The molecule has 1 heterocycles. The van der Waals surface area contributed by atoms with Crippen molar-refractivity contribution in [2.45, 2.75) is 11.1 Å². The minimum Gasteiger partial charge on any atom is -0.480 e. The van der Waals surface area contributed by atoms with Crippen molar-refractivity contribution in [3.8, 4) is 0 Å². The molecule has 0 amide bonds. The molecule has 0 aliphatic heterocycles. The van der Waals surface area contributed by atoms with Crippen LogP contribution >= 0.6 is 15.9 Å². The van der Waals surface area contributed by atoms with Crippen LogP contribution < -0.4 is 4.72 Å². The fourth-order valence-corrected chi connectivity index (χ4v) is 2.35. The predicted molar refractivity (Wildman–Crippen MR) is 54.1 cm³/mol. The van der Waals surface area contributed by atoms with Gasteiger partial charge in [0, 0.05) is 0 Å². The Kier molecular flexibility index (Phi) is 4.05. The van der Waals surface area contributed by atoms with E-state index in [2.05, 4.69) is 15.9 Å². The van der Waals surface area contributed by atoms with E-state index in [1.54, 1.807) is 4.72 Å². The van der Waals surface area contributed by atoms with Gasteiger partial charge in [0.05, 0.1) is 0 Å². The third-order valence-electron chi connectivity index (χ3n) is 1.56. The number of hydrogen-bond acceptors (Lipinski definition) is 4. The van der Waals surface area contributed by atoms with E-state index in [-0.39, 0.29) is 4.67 Å². The lowest BCUT2D eigenvalue weighted by molar-refractivity contribution is -0.139. The van der Waals surface area contributed by atoms with Gasteiger partial charge in [-0.25, -0.2) is 12.8 Å². The largest absolute Gasteiger partial charge is 0.480 e. The molecule has 1 aromatic heterocycles. The van der Waals surface area contributed by atoms with Crippen LogP contribution in [0, 0.1) is 0 Å². The maximum Gasteiger partial charge on any atom is 0.324 e. The van der Waals surface area contributed by atoms with Crippen LogP contribution in [0.5, 0.6) is 0 Å². The van der Waals surface area contributed by atoms with Gasteiger partial charge >= 0.3 is 5.97 Å². The van der Waals surface area contributed by atoms with Crippen LogP contribution in [0.1, 0.15) is 0 Å². The number of aliphatic carboxylic acids is 1. The van der Waals surface area contributed by atoms with Crippen LogP contribution in [0.2, 0.25) is 0 Å². The zero-order chi connectivity index (χ0) is 12.3. The summed E-state index contributed by atoms with van der Waals surface area (Å²) in [5.41, 5.74) is 0. The van der Waals surface area contributed by atoms with Gasteiger partial charge in [-0.1, -0.05) is 0 Å². The van der Waals surface area contributed by atoms with E-state index >= 15 is 0 Å². The molecule has 0 aromatic carbocycles. The zero-order valence-electron chi connectivity index (χ0n) is 7.68. The molecule has 1 aromatic rings. The van der Waals surface area contributed by atoms with Gasteiger partial charge in [-0.2, -0.15) is 4.72 Å². The molecule has 0 unspecified atom stereocenters. The van der Waals surface area contributed by atoms with Crippen LogP contribution in [0.25, 0.3) is 0 Å². The van der Waals surface area contributed by atoms with Gasteiger partial charge < -0.3 is 9.52 Å². The number of carbonyl (C=O) groups is 1. The highest BCUT2D eigenvalue weighted by Gasteiger charge is 2.27. The van der Waals surface area contributed by atoms with Crippen molar-refractivity contribution in [1.29, 1.82) is 0 Å². The van der Waals surface area contributed by atoms with E-state index in [0.717, 1.165) is 6.07 Å². The molecule has 6 nitrogen and oxygen atoms in total. The molecule has 1 atom stereocenters. The number of rotatable bonds is 5. The minimum atomic E-state index is -4.16. The van der Waals surface area contributed by atoms with Crippen LogP contribution in [0.4, 0.5) is 4.39 Å². The summed E-state index contributed by atoms with van der Waals surface area (Å²) in [4.78, 5) is 10.4. The second-order valence-corrected chi connectivity index (χ2v) is 5.15. The Morgan fingerprint density at radius 1 is 1.62 bits per heavy atom. The monoisotopic (exact) mass is 315 g/mol. The van der Waals surface area contributed by atoms with Gasteiger partial charge in [-0.15, -0.1) is 0 Å². The van der Waals surface area contributed by atoms with Crippen molar-refractivity contribution in [3.63, 3.8) is 0 Å². The van der Waals surface area contributed by atoms with Gasteiger partial charge in [-0.05, 0) is 28.1 Å². The summed E-state index contributed by atoms with van der Waals surface area (Å²) in [5.74, 6) is -1.60. The molecule has 0 saturated carbocycles. The summed E-state index contributed by atoms with van der Waals surface area (Å²) < 4.78 is 41.7. The Morgan fingerprint density at radius 3 is 2.62 bits per heavy atom. The Balaban J connectivity index is 2.91. The average Bonchev–Trinajstić information content (AvgIpc) is 2.61. The molecule has 90 valence electrons. The van der Waals surface area contributed by atoms with Crippen molar-refractivity contribution < 1.29 is 27.1 Å². The smallest absolute Gasteiger partial charge is 0.324 e. The van der Waals surface area contributed by atoms with Crippen LogP contribution in [0.15, 0.2) is 26.3 Å². The first-order valence-corrected chi connectivity index (χ1v) is 6.21. The molecule has 1 rings (SSSR count). The van der Waals surface area contributed by atoms with Gasteiger partial charge in [-0.3, -0.25) is 4.79 Å². The highest BCUT2D eigenvalue weighted by molar-refractivity contribution is 9.10. The normalized spacial score (nSPS) is 13.6. The maximum absolute atomic E-state index is 12.2. The molecule has 9 heteroatoms. The number of nitrogens with one attached hydrogen (secondary N) is 1. The van der Waals surface area contributed by atoms with E-state index in [1.165, 1.54) is 6.07 Å². The Hall–Kier alpha value is -0.930. The Morgan fingerprint density at radius 2 is 2.25 bits per heavy atom. The molecule has 0 spiro atoms. The molecule has 0 radical (unpaired) electrons. The SMILES string of the molecule is O=C(O)[C@@H](CF)NS(=O)(=O)c1ccc(Br)o1. The van der Waals surface area contributed by atoms with Crippen LogP contribution in [0.3, 0.4) is 0 Å². The number of carboxylic acids is 1. The van der Waals surface area contributed by atoms with E-state index in [0.29, 0.717) is 0 Å². The molecule has 0 fully saturated rings. The summed E-state index contributed by atoms with van der Waals surface area (Å²) in [6.45, 7) is -1.35. The lowest BCUT2D eigenvalue weighted by atomic mass is 10.4. The lowest BCUT2D eigenvalue weighted by Gasteiger charge is -2.09. The van der Waals surface area contributed by atoms with Crippen LogP contribution in [-0.2, 0) is 14.8 Å². The quantitative estimate of drug-likeness (QED) is 0.835. The highest BCUT2D eigenvalue weighted by atomic mass is 79.9. The van der Waals surface area contributed by atoms with E-state index in [9.17, 15) is 17.6 Å².